The standard InChI is InChI=1S/C3H10N2O2S/c1-2-5-3-8(4,6)7/h5H,2-3H2,1H3,(H2,4,6,7). The molecule has 50 valence electrons. The maximum atomic E-state index is 10.1. The smallest absolute Gasteiger partial charge is 0.222 e. The first-order chi connectivity index (χ1) is 3.56. The van der Waals surface area contributed by atoms with Gasteiger partial charge in [-0.25, -0.2) is 13.6 Å². The second-order valence-corrected chi connectivity index (χ2v) is 3.03. The molecule has 5 heteroatoms. The molecule has 0 spiro atoms. The summed E-state index contributed by atoms with van der Waals surface area (Å²) >= 11 is 0. The first-order valence-electron chi connectivity index (χ1n) is 2.27. The van der Waals surface area contributed by atoms with Crippen molar-refractivity contribution in [2.24, 2.45) is 5.14 Å². The van der Waals surface area contributed by atoms with Crippen LogP contribution in [0.4, 0.5) is 0 Å². The fourth-order valence-electron chi connectivity index (χ4n) is 0.244. The van der Waals surface area contributed by atoms with Crippen molar-refractivity contribution in [1.29, 1.82) is 0 Å². The number of rotatable bonds is 3. The van der Waals surface area contributed by atoms with E-state index in [1.165, 1.54) is 0 Å². The fourth-order valence-corrected chi connectivity index (χ4v) is 0.733. The summed E-state index contributed by atoms with van der Waals surface area (Å²) in [4.78, 5) is 0. The molecule has 0 bridgehead atoms. The Morgan fingerprint density at radius 2 is 2.12 bits per heavy atom. The number of sulfonamides is 1. The summed E-state index contributed by atoms with van der Waals surface area (Å²) in [5.41, 5.74) is 0. The molecule has 0 aromatic rings. The van der Waals surface area contributed by atoms with Crippen molar-refractivity contribution in [2.75, 3.05) is 12.4 Å². The SMILES string of the molecule is CCNCS(N)(=O)=O. The summed E-state index contributed by atoms with van der Waals surface area (Å²) in [6.45, 7) is 2.43. The molecule has 0 atom stereocenters. The lowest BCUT2D eigenvalue weighted by atomic mass is 10.8. The Morgan fingerprint density at radius 1 is 1.62 bits per heavy atom. The molecular formula is C3H10N2O2S. The zero-order chi connectivity index (χ0) is 6.62. The van der Waals surface area contributed by atoms with Crippen molar-refractivity contribution in [3.63, 3.8) is 0 Å². The molecule has 0 aromatic heterocycles. The van der Waals surface area contributed by atoms with Gasteiger partial charge in [-0.05, 0) is 6.54 Å². The first kappa shape index (κ1) is 7.87. The van der Waals surface area contributed by atoms with Gasteiger partial charge in [0.2, 0.25) is 10.0 Å². The highest BCUT2D eigenvalue weighted by atomic mass is 32.2. The summed E-state index contributed by atoms with van der Waals surface area (Å²) in [6.07, 6.45) is 0. The summed E-state index contributed by atoms with van der Waals surface area (Å²) in [6, 6.07) is 0. The van der Waals surface area contributed by atoms with Crippen molar-refractivity contribution in [2.45, 2.75) is 6.92 Å². The molecule has 4 nitrogen and oxygen atoms in total. The second-order valence-electron chi connectivity index (χ2n) is 1.41. The predicted molar refractivity (Wildman–Crippen MR) is 31.7 cm³/mol. The Balaban J connectivity index is 3.42. The van der Waals surface area contributed by atoms with E-state index in [1.54, 1.807) is 0 Å². The van der Waals surface area contributed by atoms with E-state index < -0.39 is 10.0 Å². The van der Waals surface area contributed by atoms with Crippen molar-refractivity contribution < 1.29 is 8.42 Å². The molecule has 0 heterocycles. The molecular weight excluding hydrogens is 128 g/mol. The van der Waals surface area contributed by atoms with Crippen LogP contribution in [0.1, 0.15) is 6.92 Å². The summed E-state index contributed by atoms with van der Waals surface area (Å²) in [5, 5.41) is 7.21. The predicted octanol–water partition coefficient (Wildman–Crippen LogP) is -1.16. The van der Waals surface area contributed by atoms with Crippen molar-refractivity contribution in [1.82, 2.24) is 5.32 Å². The van der Waals surface area contributed by atoms with Crippen molar-refractivity contribution >= 4 is 10.0 Å². The minimum absolute atomic E-state index is 0.135. The van der Waals surface area contributed by atoms with Crippen LogP contribution >= 0.6 is 0 Å². The van der Waals surface area contributed by atoms with Gasteiger partial charge in [0.1, 0.15) is 5.88 Å². The number of nitrogens with two attached hydrogens (primary N) is 1. The fraction of sp³-hybridized carbons (Fsp3) is 1.00. The minimum atomic E-state index is -3.30. The van der Waals surface area contributed by atoms with Crippen molar-refractivity contribution in [3.05, 3.63) is 0 Å². The van der Waals surface area contributed by atoms with Crippen LogP contribution in [0.15, 0.2) is 0 Å². The average Bonchev–Trinajstić information content (AvgIpc) is 1.59. The van der Waals surface area contributed by atoms with Gasteiger partial charge in [-0.1, -0.05) is 6.92 Å². The van der Waals surface area contributed by atoms with Gasteiger partial charge >= 0.3 is 0 Å². The minimum Gasteiger partial charge on any atom is -0.303 e. The van der Waals surface area contributed by atoms with Crippen LogP contribution in [0.3, 0.4) is 0 Å². The van der Waals surface area contributed by atoms with Gasteiger partial charge in [-0.15, -0.1) is 0 Å². The van der Waals surface area contributed by atoms with Crippen LogP contribution in [0.25, 0.3) is 0 Å². The number of hydrogen-bond acceptors (Lipinski definition) is 3. The topological polar surface area (TPSA) is 72.2 Å². The molecule has 8 heavy (non-hydrogen) atoms. The Labute approximate surface area is 49.1 Å². The Bertz CT molecular complexity index is 139. The van der Waals surface area contributed by atoms with Gasteiger partial charge in [-0.3, -0.25) is 0 Å². The Morgan fingerprint density at radius 3 is 2.25 bits per heavy atom. The van der Waals surface area contributed by atoms with E-state index in [4.69, 9.17) is 0 Å². The van der Waals surface area contributed by atoms with Gasteiger partial charge in [-0.2, -0.15) is 0 Å². The largest absolute Gasteiger partial charge is 0.303 e. The number of nitrogens with one attached hydrogen (secondary N) is 1. The van der Waals surface area contributed by atoms with Crippen LogP contribution in [-0.2, 0) is 10.0 Å². The van der Waals surface area contributed by atoms with Gasteiger partial charge in [0.15, 0.2) is 0 Å². The van der Waals surface area contributed by atoms with Gasteiger partial charge < -0.3 is 5.32 Å². The molecule has 0 aliphatic rings. The van der Waals surface area contributed by atoms with Crippen LogP contribution in [-0.4, -0.2) is 20.8 Å². The summed E-state index contributed by atoms with van der Waals surface area (Å²) in [5.74, 6) is -0.135. The van der Waals surface area contributed by atoms with Crippen molar-refractivity contribution in [3.8, 4) is 0 Å². The normalized spacial score (nSPS) is 11.8. The van der Waals surface area contributed by atoms with Crippen LogP contribution in [0.2, 0.25) is 0 Å². The average molecular weight is 138 g/mol. The zero-order valence-corrected chi connectivity index (χ0v) is 5.53. The van der Waals surface area contributed by atoms with Gasteiger partial charge in [0, 0.05) is 0 Å². The van der Waals surface area contributed by atoms with Crippen LogP contribution in [0.5, 0.6) is 0 Å². The molecule has 0 aliphatic carbocycles. The molecule has 0 unspecified atom stereocenters. The number of primary sulfonamides is 1. The molecule has 0 amide bonds. The third-order valence-corrected chi connectivity index (χ3v) is 1.16. The van der Waals surface area contributed by atoms with E-state index in [0.29, 0.717) is 6.54 Å². The highest BCUT2D eigenvalue weighted by Crippen LogP contribution is 1.68. The molecule has 0 saturated heterocycles. The highest BCUT2D eigenvalue weighted by molar-refractivity contribution is 7.89. The summed E-state index contributed by atoms with van der Waals surface area (Å²) in [7, 11) is -3.30. The van der Waals surface area contributed by atoms with Crippen LogP contribution < -0.4 is 10.5 Å². The molecule has 0 radical (unpaired) electrons. The third kappa shape index (κ3) is 5.87. The maximum Gasteiger partial charge on any atom is 0.222 e. The van der Waals surface area contributed by atoms with E-state index in [-0.39, 0.29) is 5.88 Å². The molecule has 0 saturated carbocycles. The molecule has 0 aromatic carbocycles. The maximum absolute atomic E-state index is 10.1. The lowest BCUT2D eigenvalue weighted by Gasteiger charge is -1.95. The van der Waals surface area contributed by atoms with Gasteiger partial charge in [0.25, 0.3) is 0 Å². The Kier molecular flexibility index (Phi) is 2.96. The van der Waals surface area contributed by atoms with E-state index in [9.17, 15) is 8.42 Å². The van der Waals surface area contributed by atoms with E-state index >= 15 is 0 Å². The highest BCUT2D eigenvalue weighted by Gasteiger charge is 1.96. The lowest BCUT2D eigenvalue weighted by Crippen LogP contribution is -2.28. The number of hydrogen-bond donors (Lipinski definition) is 2. The Hall–Kier alpha value is -0.130. The van der Waals surface area contributed by atoms with Gasteiger partial charge in [0.05, 0.1) is 0 Å². The van der Waals surface area contributed by atoms with Crippen LogP contribution in [0, 0.1) is 0 Å². The molecule has 0 aliphatic heterocycles. The second kappa shape index (κ2) is 3.01. The third-order valence-electron chi connectivity index (χ3n) is 0.553. The first-order valence-corrected chi connectivity index (χ1v) is 3.99. The monoisotopic (exact) mass is 138 g/mol. The molecule has 0 rings (SSSR count). The lowest BCUT2D eigenvalue weighted by molar-refractivity contribution is 0.590. The van der Waals surface area contributed by atoms with E-state index in [2.05, 4.69) is 10.5 Å². The molecule has 0 fully saturated rings. The summed E-state index contributed by atoms with van der Waals surface area (Å²) < 4.78 is 20.2. The quantitative estimate of drug-likeness (QED) is 0.517. The molecule has 3 N–H and O–H groups in total. The zero-order valence-electron chi connectivity index (χ0n) is 4.72. The van der Waals surface area contributed by atoms with E-state index in [0.717, 1.165) is 0 Å². The van der Waals surface area contributed by atoms with E-state index in [1.807, 2.05) is 6.92 Å².